The van der Waals surface area contributed by atoms with Gasteiger partial charge in [0.25, 0.3) is 14.2 Å². The van der Waals surface area contributed by atoms with Crippen LogP contribution in [0.5, 0.6) is 0 Å². The van der Waals surface area contributed by atoms with E-state index in [1.165, 1.54) is 22.8 Å². The second-order valence-electron chi connectivity index (χ2n) is 4.30. The van der Waals surface area contributed by atoms with Crippen LogP contribution in [0.4, 0.5) is 4.39 Å². The minimum Gasteiger partial charge on any atom is -0.294 e. The summed E-state index contributed by atoms with van der Waals surface area (Å²) in [5, 5.41) is 6.92. The summed E-state index contributed by atoms with van der Waals surface area (Å²) >= 11 is 5.96. The van der Waals surface area contributed by atoms with Crippen molar-refractivity contribution in [2.75, 3.05) is 0 Å². The predicted octanol–water partition coefficient (Wildman–Crippen LogP) is 3.25. The van der Waals surface area contributed by atoms with Gasteiger partial charge in [0.05, 0.1) is 10.6 Å². The lowest BCUT2D eigenvalue weighted by atomic mass is 10.2. The summed E-state index contributed by atoms with van der Waals surface area (Å²) in [5.41, 5.74) is -0.0121. The van der Waals surface area contributed by atoms with Crippen molar-refractivity contribution >= 4 is 31.3 Å². The summed E-state index contributed by atoms with van der Waals surface area (Å²) in [6.45, 7) is 3.40. The molecule has 0 bridgehead atoms. The minimum atomic E-state index is -4.10. The smallest absolute Gasteiger partial charge is 0.294 e. The standard InChI is InChI=1S/C11H10Cl2FN3O2S/c1-6(2)17-10(15-16-11(17)20(13,18)19)9-7(12)4-3-5-8(9)14/h3-6H,1-2H3. The van der Waals surface area contributed by atoms with Gasteiger partial charge >= 0.3 is 0 Å². The Morgan fingerprint density at radius 3 is 2.45 bits per heavy atom. The summed E-state index contributed by atoms with van der Waals surface area (Å²) in [4.78, 5) is 0. The first kappa shape index (κ1) is 15.2. The number of hydrogen-bond acceptors (Lipinski definition) is 4. The van der Waals surface area contributed by atoms with Crippen LogP contribution in [0.1, 0.15) is 19.9 Å². The zero-order valence-electron chi connectivity index (χ0n) is 10.5. The minimum absolute atomic E-state index is 0.0121. The molecule has 1 heterocycles. The van der Waals surface area contributed by atoms with E-state index in [2.05, 4.69) is 10.2 Å². The van der Waals surface area contributed by atoms with Crippen LogP contribution in [0.25, 0.3) is 11.4 Å². The van der Waals surface area contributed by atoms with Crippen molar-refractivity contribution in [1.82, 2.24) is 14.8 Å². The summed E-state index contributed by atoms with van der Waals surface area (Å²) < 4.78 is 38.1. The highest BCUT2D eigenvalue weighted by atomic mass is 35.7. The van der Waals surface area contributed by atoms with Crippen LogP contribution in [0, 0.1) is 5.82 Å². The summed E-state index contributed by atoms with van der Waals surface area (Å²) in [5.74, 6) is -0.604. The van der Waals surface area contributed by atoms with Gasteiger partial charge in [-0.3, -0.25) is 4.57 Å². The van der Waals surface area contributed by atoms with Gasteiger partial charge in [-0.05, 0) is 26.0 Å². The highest BCUT2D eigenvalue weighted by molar-refractivity contribution is 8.13. The fourth-order valence-electron chi connectivity index (χ4n) is 1.79. The quantitative estimate of drug-likeness (QED) is 0.806. The lowest BCUT2D eigenvalue weighted by Crippen LogP contribution is -2.10. The monoisotopic (exact) mass is 337 g/mol. The van der Waals surface area contributed by atoms with Crippen LogP contribution < -0.4 is 0 Å². The Morgan fingerprint density at radius 2 is 1.95 bits per heavy atom. The zero-order chi connectivity index (χ0) is 15.1. The Balaban J connectivity index is 2.80. The van der Waals surface area contributed by atoms with Gasteiger partial charge in [-0.15, -0.1) is 10.2 Å². The van der Waals surface area contributed by atoms with Crippen LogP contribution in [-0.2, 0) is 9.05 Å². The second-order valence-corrected chi connectivity index (χ2v) is 7.17. The molecule has 2 rings (SSSR count). The molecule has 0 fully saturated rings. The van der Waals surface area contributed by atoms with Gasteiger partial charge in [-0.1, -0.05) is 17.7 Å². The Hall–Kier alpha value is -1.18. The molecule has 0 saturated heterocycles. The number of rotatable bonds is 3. The topological polar surface area (TPSA) is 64.8 Å². The maximum Gasteiger partial charge on any atom is 0.296 e. The van der Waals surface area contributed by atoms with E-state index in [1.807, 2.05) is 0 Å². The molecule has 1 aromatic carbocycles. The maximum absolute atomic E-state index is 13.9. The third kappa shape index (κ3) is 2.65. The third-order valence-corrected chi connectivity index (χ3v) is 4.03. The summed E-state index contributed by atoms with van der Waals surface area (Å²) in [6, 6.07) is 3.78. The van der Waals surface area contributed by atoms with E-state index in [1.54, 1.807) is 13.8 Å². The van der Waals surface area contributed by atoms with Crippen molar-refractivity contribution in [3.63, 3.8) is 0 Å². The van der Waals surface area contributed by atoms with Crippen molar-refractivity contribution in [2.24, 2.45) is 0 Å². The number of halogens is 3. The molecule has 0 amide bonds. The van der Waals surface area contributed by atoms with Crippen LogP contribution in [-0.4, -0.2) is 23.2 Å². The molecule has 0 radical (unpaired) electrons. The van der Waals surface area contributed by atoms with E-state index in [0.29, 0.717) is 0 Å². The second kappa shape index (κ2) is 5.31. The van der Waals surface area contributed by atoms with Gasteiger partial charge in [0.2, 0.25) is 0 Å². The Labute approximate surface area is 124 Å². The van der Waals surface area contributed by atoms with E-state index in [0.717, 1.165) is 0 Å². The molecule has 0 saturated carbocycles. The molecule has 0 unspecified atom stereocenters. The Bertz CT molecular complexity index is 739. The van der Waals surface area contributed by atoms with Crippen molar-refractivity contribution in [3.8, 4) is 11.4 Å². The van der Waals surface area contributed by atoms with Crippen molar-refractivity contribution < 1.29 is 12.8 Å². The molecule has 20 heavy (non-hydrogen) atoms. The van der Waals surface area contributed by atoms with Crippen molar-refractivity contribution in [1.29, 1.82) is 0 Å². The van der Waals surface area contributed by atoms with E-state index < -0.39 is 20.0 Å². The van der Waals surface area contributed by atoms with Crippen molar-refractivity contribution in [3.05, 3.63) is 29.0 Å². The lowest BCUT2D eigenvalue weighted by molar-refractivity contribution is 0.528. The van der Waals surface area contributed by atoms with Gasteiger partial charge < -0.3 is 0 Å². The van der Waals surface area contributed by atoms with Gasteiger partial charge in [0.1, 0.15) is 5.82 Å². The van der Waals surface area contributed by atoms with Gasteiger partial charge in [-0.2, -0.15) is 0 Å². The Kier molecular flexibility index (Phi) is 4.04. The average Bonchev–Trinajstić information content (AvgIpc) is 2.73. The first-order valence-corrected chi connectivity index (χ1v) is 8.26. The van der Waals surface area contributed by atoms with E-state index in [-0.39, 0.29) is 22.5 Å². The Morgan fingerprint density at radius 1 is 1.30 bits per heavy atom. The SMILES string of the molecule is CC(C)n1c(-c2c(F)cccc2Cl)nnc1S(=O)(=O)Cl. The molecule has 0 aliphatic heterocycles. The van der Waals surface area contributed by atoms with Gasteiger partial charge in [-0.25, -0.2) is 12.8 Å². The molecule has 9 heteroatoms. The van der Waals surface area contributed by atoms with Crippen LogP contribution in [0.15, 0.2) is 23.4 Å². The molecule has 108 valence electrons. The van der Waals surface area contributed by atoms with E-state index in [9.17, 15) is 12.8 Å². The number of nitrogens with zero attached hydrogens (tertiary/aromatic N) is 3. The fourth-order valence-corrected chi connectivity index (χ4v) is 3.02. The molecule has 5 nitrogen and oxygen atoms in total. The largest absolute Gasteiger partial charge is 0.296 e. The van der Waals surface area contributed by atoms with Gasteiger partial charge in [0.15, 0.2) is 5.82 Å². The molecule has 0 atom stereocenters. The van der Waals surface area contributed by atoms with Crippen molar-refractivity contribution in [2.45, 2.75) is 25.0 Å². The first-order valence-electron chi connectivity index (χ1n) is 5.57. The van der Waals surface area contributed by atoms with E-state index in [4.69, 9.17) is 22.3 Å². The highest BCUT2D eigenvalue weighted by Gasteiger charge is 2.27. The van der Waals surface area contributed by atoms with Crippen LogP contribution in [0.2, 0.25) is 5.02 Å². The lowest BCUT2D eigenvalue weighted by Gasteiger charge is -2.13. The molecule has 2 aromatic rings. The molecular formula is C11H10Cl2FN3O2S. The van der Waals surface area contributed by atoms with Crippen LogP contribution in [0.3, 0.4) is 0 Å². The number of aromatic nitrogens is 3. The van der Waals surface area contributed by atoms with Gasteiger partial charge in [0, 0.05) is 16.7 Å². The molecular weight excluding hydrogens is 328 g/mol. The molecule has 0 aliphatic carbocycles. The number of hydrogen-bond donors (Lipinski definition) is 0. The molecule has 0 aliphatic rings. The average molecular weight is 338 g/mol. The summed E-state index contributed by atoms with van der Waals surface area (Å²) in [6.07, 6.45) is 0. The highest BCUT2D eigenvalue weighted by Crippen LogP contribution is 2.32. The molecule has 0 spiro atoms. The zero-order valence-corrected chi connectivity index (χ0v) is 12.8. The summed E-state index contributed by atoms with van der Waals surface area (Å²) in [7, 11) is 1.21. The van der Waals surface area contributed by atoms with E-state index >= 15 is 0 Å². The van der Waals surface area contributed by atoms with Crippen LogP contribution >= 0.6 is 22.3 Å². The predicted molar refractivity (Wildman–Crippen MR) is 73.8 cm³/mol. The number of benzene rings is 1. The molecule has 1 aromatic heterocycles. The molecule has 0 N–H and O–H groups in total. The maximum atomic E-state index is 13.9. The first-order chi connectivity index (χ1) is 9.23. The third-order valence-electron chi connectivity index (χ3n) is 2.59. The normalized spacial score (nSPS) is 12.1. The fraction of sp³-hybridized carbons (Fsp3) is 0.273.